The number of hydrogen-bond donors (Lipinski definition) is 0. The zero-order valence-corrected chi connectivity index (χ0v) is 16.8. The summed E-state index contributed by atoms with van der Waals surface area (Å²) in [6.07, 6.45) is 4.07. The van der Waals surface area contributed by atoms with Gasteiger partial charge in [-0.2, -0.15) is 5.26 Å². The topological polar surface area (TPSA) is 78.5 Å². The molecule has 1 aromatic carbocycles. The van der Waals surface area contributed by atoms with Gasteiger partial charge in [0.2, 0.25) is 0 Å². The zero-order valence-electron chi connectivity index (χ0n) is 16.0. The van der Waals surface area contributed by atoms with E-state index in [1.54, 1.807) is 18.2 Å². The normalized spacial score (nSPS) is 14.5. The average molecular weight is 395 g/mol. The number of benzene rings is 1. The summed E-state index contributed by atoms with van der Waals surface area (Å²) in [6.45, 7) is 3.64. The Bertz CT molecular complexity index is 1200. The van der Waals surface area contributed by atoms with Gasteiger partial charge in [-0.25, -0.2) is 12.9 Å². The fraction of sp³-hybridized carbons (Fsp3) is 0.333. The highest BCUT2D eigenvalue weighted by Gasteiger charge is 2.29. The second-order valence-corrected chi connectivity index (χ2v) is 9.11. The minimum Gasteiger partial charge on any atom is -0.354 e. The van der Waals surface area contributed by atoms with Crippen LogP contribution in [0.15, 0.2) is 41.3 Å². The van der Waals surface area contributed by atoms with Crippen molar-refractivity contribution in [3.05, 3.63) is 47.7 Å². The van der Waals surface area contributed by atoms with Crippen molar-refractivity contribution in [2.24, 2.45) is 0 Å². The number of nitrogens with zero attached hydrogens (tertiary/aromatic N) is 4. The van der Waals surface area contributed by atoms with Crippen molar-refractivity contribution in [2.45, 2.75) is 31.1 Å². The molecular formula is C21H22N4O2S. The van der Waals surface area contributed by atoms with Crippen molar-refractivity contribution in [1.29, 1.82) is 5.26 Å². The smallest absolute Gasteiger partial charge is 0.179 e. The molecule has 0 spiro atoms. The van der Waals surface area contributed by atoms with E-state index in [4.69, 9.17) is 5.10 Å². The van der Waals surface area contributed by atoms with Crippen LogP contribution >= 0.6 is 0 Å². The summed E-state index contributed by atoms with van der Waals surface area (Å²) in [5, 5.41) is 14.1. The molecule has 144 valence electrons. The molecule has 2 aromatic heterocycles. The Morgan fingerprint density at radius 1 is 1.18 bits per heavy atom. The maximum Gasteiger partial charge on any atom is 0.179 e. The molecule has 1 aliphatic heterocycles. The number of anilines is 1. The fourth-order valence-electron chi connectivity index (χ4n) is 3.92. The first kappa shape index (κ1) is 18.5. The predicted octanol–water partition coefficient (Wildman–Crippen LogP) is 3.44. The van der Waals surface area contributed by atoms with Crippen LogP contribution in [0.4, 0.5) is 5.82 Å². The van der Waals surface area contributed by atoms with E-state index in [1.807, 2.05) is 22.7 Å². The van der Waals surface area contributed by atoms with Gasteiger partial charge in [0.15, 0.2) is 15.7 Å². The maximum absolute atomic E-state index is 12.9. The van der Waals surface area contributed by atoms with Crippen LogP contribution in [0, 0.1) is 11.3 Å². The van der Waals surface area contributed by atoms with Crippen molar-refractivity contribution < 1.29 is 8.42 Å². The first-order valence-electron chi connectivity index (χ1n) is 9.44. The third kappa shape index (κ3) is 3.04. The summed E-state index contributed by atoms with van der Waals surface area (Å²) >= 11 is 0. The molecule has 0 unspecified atom stereocenters. The molecule has 1 aliphatic rings. The molecule has 6 nitrogen and oxygen atoms in total. The minimum atomic E-state index is -3.56. The van der Waals surface area contributed by atoms with Crippen LogP contribution in [0.1, 0.15) is 31.0 Å². The molecule has 0 bridgehead atoms. The standard InChI is InChI=1S/C21H22N4O2S/c1-3-17-9-10-18-19(16-8-6-7-15(13-16)14-22)20(28(2,26)27)21(23-25(17)18)24-11-4-5-12-24/h6-10,13H,3-5,11-12H2,1-2H3. The molecule has 1 fully saturated rings. The van der Waals surface area contributed by atoms with Crippen LogP contribution in [-0.4, -0.2) is 37.4 Å². The molecule has 3 heterocycles. The molecule has 0 aliphatic carbocycles. The van der Waals surface area contributed by atoms with Crippen LogP contribution < -0.4 is 4.90 Å². The highest BCUT2D eigenvalue weighted by molar-refractivity contribution is 7.91. The van der Waals surface area contributed by atoms with Crippen LogP contribution in [0.5, 0.6) is 0 Å². The van der Waals surface area contributed by atoms with Crippen LogP contribution in [-0.2, 0) is 16.3 Å². The molecule has 3 aromatic rings. The molecule has 0 amide bonds. The largest absolute Gasteiger partial charge is 0.354 e. The monoisotopic (exact) mass is 394 g/mol. The van der Waals surface area contributed by atoms with Gasteiger partial charge in [0.05, 0.1) is 17.1 Å². The van der Waals surface area contributed by atoms with Crippen molar-refractivity contribution in [2.75, 3.05) is 24.2 Å². The Hall–Kier alpha value is -2.85. The van der Waals surface area contributed by atoms with Crippen molar-refractivity contribution in [3.8, 4) is 17.2 Å². The molecule has 0 saturated carbocycles. The lowest BCUT2D eigenvalue weighted by Gasteiger charge is -2.23. The van der Waals surface area contributed by atoms with E-state index in [-0.39, 0.29) is 4.90 Å². The Morgan fingerprint density at radius 3 is 2.57 bits per heavy atom. The Morgan fingerprint density at radius 2 is 1.93 bits per heavy atom. The number of hydrogen-bond acceptors (Lipinski definition) is 5. The van der Waals surface area contributed by atoms with Crippen LogP contribution in [0.25, 0.3) is 16.6 Å². The van der Waals surface area contributed by atoms with E-state index in [9.17, 15) is 13.7 Å². The SMILES string of the molecule is CCc1ccc2c(-c3cccc(C#N)c3)c(S(C)(=O)=O)c(N3CCCC3)nn12. The number of aromatic nitrogens is 2. The zero-order chi connectivity index (χ0) is 19.9. The lowest BCUT2D eigenvalue weighted by Crippen LogP contribution is -2.24. The highest BCUT2D eigenvalue weighted by Crippen LogP contribution is 2.39. The minimum absolute atomic E-state index is 0.248. The third-order valence-electron chi connectivity index (χ3n) is 5.23. The molecule has 7 heteroatoms. The van der Waals surface area contributed by atoms with Gasteiger partial charge in [0.1, 0.15) is 4.90 Å². The molecule has 1 saturated heterocycles. The quantitative estimate of drug-likeness (QED) is 0.677. The van der Waals surface area contributed by atoms with E-state index in [1.165, 1.54) is 6.26 Å². The van der Waals surface area contributed by atoms with Gasteiger partial charge in [-0.3, -0.25) is 0 Å². The van der Waals surface area contributed by atoms with E-state index in [2.05, 4.69) is 17.9 Å². The van der Waals surface area contributed by atoms with Gasteiger partial charge in [0, 0.05) is 30.6 Å². The van der Waals surface area contributed by atoms with E-state index in [0.717, 1.165) is 43.6 Å². The highest BCUT2D eigenvalue weighted by atomic mass is 32.2. The summed E-state index contributed by atoms with van der Waals surface area (Å²) in [7, 11) is -3.56. The Kier molecular flexibility index (Phi) is 4.60. The first-order valence-corrected chi connectivity index (χ1v) is 11.3. The summed E-state index contributed by atoms with van der Waals surface area (Å²) in [6, 6.07) is 13.2. The van der Waals surface area contributed by atoms with Gasteiger partial charge in [-0.15, -0.1) is 5.10 Å². The molecular weight excluding hydrogens is 372 g/mol. The van der Waals surface area contributed by atoms with Crippen molar-refractivity contribution in [1.82, 2.24) is 9.61 Å². The molecule has 0 radical (unpaired) electrons. The summed E-state index contributed by atoms with van der Waals surface area (Å²) in [5.74, 6) is 0.510. The second-order valence-electron chi connectivity index (χ2n) is 7.16. The van der Waals surface area contributed by atoms with Gasteiger partial charge >= 0.3 is 0 Å². The Balaban J connectivity index is 2.16. The molecule has 0 N–H and O–H groups in total. The fourth-order valence-corrected chi connectivity index (χ4v) is 5.02. The molecule has 4 rings (SSSR count). The number of aryl methyl sites for hydroxylation is 1. The number of rotatable bonds is 4. The van der Waals surface area contributed by atoms with Gasteiger partial charge in [-0.1, -0.05) is 19.1 Å². The summed E-state index contributed by atoms with van der Waals surface area (Å²) in [5.41, 5.74) is 3.60. The summed E-state index contributed by atoms with van der Waals surface area (Å²) in [4.78, 5) is 2.31. The van der Waals surface area contributed by atoms with E-state index >= 15 is 0 Å². The van der Waals surface area contributed by atoms with Crippen molar-refractivity contribution >= 4 is 21.2 Å². The third-order valence-corrected chi connectivity index (χ3v) is 6.36. The van der Waals surface area contributed by atoms with Gasteiger partial charge in [0.25, 0.3) is 0 Å². The molecule has 0 atom stereocenters. The first-order chi connectivity index (χ1) is 13.4. The van der Waals surface area contributed by atoms with Crippen molar-refractivity contribution in [3.63, 3.8) is 0 Å². The predicted molar refractivity (Wildman–Crippen MR) is 109 cm³/mol. The Labute approximate surface area is 164 Å². The maximum atomic E-state index is 12.9. The van der Waals surface area contributed by atoms with Crippen LogP contribution in [0.2, 0.25) is 0 Å². The second kappa shape index (κ2) is 6.95. The number of nitriles is 1. The van der Waals surface area contributed by atoms with E-state index < -0.39 is 9.84 Å². The average Bonchev–Trinajstić information content (AvgIpc) is 3.35. The number of fused-ring (bicyclic) bond motifs is 1. The lowest BCUT2D eigenvalue weighted by atomic mass is 10.0. The van der Waals surface area contributed by atoms with E-state index in [0.29, 0.717) is 22.5 Å². The summed E-state index contributed by atoms with van der Waals surface area (Å²) < 4.78 is 27.7. The lowest BCUT2D eigenvalue weighted by molar-refractivity contribution is 0.601. The number of sulfone groups is 1. The van der Waals surface area contributed by atoms with Gasteiger partial charge in [-0.05, 0) is 49.1 Å². The molecule has 28 heavy (non-hydrogen) atoms. The van der Waals surface area contributed by atoms with Crippen LogP contribution in [0.3, 0.4) is 0 Å². The van der Waals surface area contributed by atoms with Gasteiger partial charge < -0.3 is 4.90 Å².